The molecule has 3 rings (SSSR count). The maximum Gasteiger partial charge on any atom is 0.248 e. The van der Waals surface area contributed by atoms with Crippen LogP contribution in [0.3, 0.4) is 0 Å². The molecule has 0 bridgehead atoms. The molecule has 2 aliphatic rings. The van der Waals surface area contributed by atoms with Crippen LogP contribution in [0.1, 0.15) is 49.0 Å². The van der Waals surface area contributed by atoms with Crippen molar-refractivity contribution in [2.75, 3.05) is 6.54 Å². The van der Waals surface area contributed by atoms with Crippen molar-refractivity contribution in [1.29, 1.82) is 0 Å². The summed E-state index contributed by atoms with van der Waals surface area (Å²) < 4.78 is 0. The van der Waals surface area contributed by atoms with Crippen molar-refractivity contribution >= 4 is 23.2 Å². The summed E-state index contributed by atoms with van der Waals surface area (Å²) in [5.74, 6) is 0.150. The zero-order chi connectivity index (χ0) is 14.9. The molecule has 1 aliphatic carbocycles. The average Bonchev–Trinajstić information content (AvgIpc) is 2.84. The van der Waals surface area contributed by atoms with E-state index in [0.29, 0.717) is 19.5 Å². The smallest absolute Gasteiger partial charge is 0.248 e. The van der Waals surface area contributed by atoms with Crippen molar-refractivity contribution < 1.29 is 9.59 Å². The second kappa shape index (κ2) is 5.79. The predicted molar refractivity (Wildman–Crippen MR) is 83.0 cm³/mol. The Kier molecular flexibility index (Phi) is 4.02. The number of nitrogens with zero attached hydrogens (tertiary/aromatic N) is 1. The Morgan fingerprint density at radius 3 is 2.71 bits per heavy atom. The average molecular weight is 306 g/mol. The van der Waals surface area contributed by atoms with E-state index in [1.165, 1.54) is 10.4 Å². The predicted octanol–water partition coefficient (Wildman–Crippen LogP) is 2.61. The molecule has 0 atom stereocenters. The summed E-state index contributed by atoms with van der Waals surface area (Å²) in [4.78, 5) is 28.2. The molecular formula is C16H22N2O2S. The van der Waals surface area contributed by atoms with Crippen molar-refractivity contribution in [3.8, 4) is 0 Å². The molecule has 2 heterocycles. The molecule has 0 unspecified atom stereocenters. The molecule has 5 heteroatoms. The lowest BCUT2D eigenvalue weighted by atomic mass is 9.80. The lowest BCUT2D eigenvalue weighted by molar-refractivity contribution is -0.140. The molecule has 1 aliphatic heterocycles. The van der Waals surface area contributed by atoms with Crippen molar-refractivity contribution in [1.82, 2.24) is 10.2 Å². The number of carbonyl (C=O) groups excluding carboxylic acids is 2. The molecule has 114 valence electrons. The Balaban J connectivity index is 1.84. The molecule has 21 heavy (non-hydrogen) atoms. The van der Waals surface area contributed by atoms with Gasteiger partial charge >= 0.3 is 0 Å². The van der Waals surface area contributed by atoms with Crippen molar-refractivity contribution in [2.45, 2.75) is 57.5 Å². The minimum absolute atomic E-state index is 0.0238. The number of nitrogens with one attached hydrogen (secondary N) is 1. The van der Waals surface area contributed by atoms with Gasteiger partial charge in [0.25, 0.3) is 0 Å². The Morgan fingerprint density at radius 2 is 2.05 bits per heavy atom. The van der Waals surface area contributed by atoms with Crippen molar-refractivity contribution in [3.05, 3.63) is 21.9 Å². The van der Waals surface area contributed by atoms with Gasteiger partial charge in [0.2, 0.25) is 11.8 Å². The summed E-state index contributed by atoms with van der Waals surface area (Å²) in [5, 5.41) is 5.10. The maximum atomic E-state index is 13.0. The van der Waals surface area contributed by atoms with Gasteiger partial charge < -0.3 is 10.2 Å². The van der Waals surface area contributed by atoms with E-state index in [-0.39, 0.29) is 11.8 Å². The van der Waals surface area contributed by atoms with Crippen LogP contribution in [0.15, 0.2) is 11.4 Å². The normalized spacial score (nSPS) is 22.2. The van der Waals surface area contributed by atoms with Crippen LogP contribution in [0.5, 0.6) is 0 Å². The quantitative estimate of drug-likeness (QED) is 0.913. The van der Waals surface area contributed by atoms with Gasteiger partial charge in [-0.3, -0.25) is 9.59 Å². The van der Waals surface area contributed by atoms with E-state index < -0.39 is 5.54 Å². The molecular weight excluding hydrogens is 284 g/mol. The lowest BCUT2D eigenvalue weighted by Crippen LogP contribution is -2.57. The Morgan fingerprint density at radius 1 is 1.29 bits per heavy atom. The summed E-state index contributed by atoms with van der Waals surface area (Å²) in [6.45, 7) is 3.25. The van der Waals surface area contributed by atoms with Crippen LogP contribution < -0.4 is 5.32 Å². The highest BCUT2D eigenvalue weighted by Gasteiger charge is 2.45. The Labute approximate surface area is 129 Å². The highest BCUT2D eigenvalue weighted by Crippen LogP contribution is 2.32. The summed E-state index contributed by atoms with van der Waals surface area (Å²) in [5.41, 5.74) is 0.603. The van der Waals surface area contributed by atoms with Gasteiger partial charge in [-0.05, 0) is 36.8 Å². The molecule has 1 aromatic rings. The molecule has 4 nitrogen and oxygen atoms in total. The minimum atomic E-state index is -0.628. The summed E-state index contributed by atoms with van der Waals surface area (Å²) in [6.07, 6.45) is 5.21. The van der Waals surface area contributed by atoms with Crippen LogP contribution in [0.2, 0.25) is 0 Å². The third-order valence-electron chi connectivity index (χ3n) is 4.69. The van der Waals surface area contributed by atoms with Gasteiger partial charge in [0.1, 0.15) is 5.54 Å². The molecule has 1 aromatic heterocycles. The van der Waals surface area contributed by atoms with Gasteiger partial charge in [0.15, 0.2) is 0 Å². The zero-order valence-electron chi connectivity index (χ0n) is 12.5. The first-order valence-electron chi connectivity index (χ1n) is 7.74. The highest BCUT2D eigenvalue weighted by molar-refractivity contribution is 7.10. The third kappa shape index (κ3) is 2.84. The molecule has 0 aromatic carbocycles. The second-order valence-corrected chi connectivity index (χ2v) is 7.20. The van der Waals surface area contributed by atoms with Gasteiger partial charge in [-0.15, -0.1) is 11.3 Å². The highest BCUT2D eigenvalue weighted by atomic mass is 32.1. The van der Waals surface area contributed by atoms with Crippen LogP contribution in [-0.2, 0) is 16.1 Å². The number of carbonyl (C=O) groups is 2. The molecule has 1 saturated heterocycles. The monoisotopic (exact) mass is 306 g/mol. The minimum Gasteiger partial charge on any atom is -0.342 e. The molecule has 2 amide bonds. The fourth-order valence-electron chi connectivity index (χ4n) is 3.41. The van der Waals surface area contributed by atoms with Gasteiger partial charge in [-0.1, -0.05) is 19.3 Å². The number of thiophene rings is 1. The van der Waals surface area contributed by atoms with Crippen LogP contribution >= 0.6 is 11.3 Å². The van der Waals surface area contributed by atoms with E-state index in [0.717, 1.165) is 32.1 Å². The van der Waals surface area contributed by atoms with E-state index >= 15 is 0 Å². The fourth-order valence-corrected chi connectivity index (χ4v) is 4.33. The number of aryl methyl sites for hydroxylation is 1. The maximum absolute atomic E-state index is 13.0. The summed E-state index contributed by atoms with van der Waals surface area (Å²) >= 11 is 1.69. The van der Waals surface area contributed by atoms with Crippen LogP contribution in [0.4, 0.5) is 0 Å². The summed E-state index contributed by atoms with van der Waals surface area (Å²) in [7, 11) is 0. The van der Waals surface area contributed by atoms with Gasteiger partial charge in [-0.25, -0.2) is 0 Å². The number of hydrogen-bond donors (Lipinski definition) is 1. The van der Waals surface area contributed by atoms with E-state index in [4.69, 9.17) is 0 Å². The standard InChI is InChI=1S/C16H22N2O2S/c1-12-6-10-21-13(12)11-18-9-5-14(19)17-16(15(18)20)7-3-2-4-8-16/h6,10H,2-5,7-9,11H2,1H3,(H,17,19). The molecule has 1 saturated carbocycles. The van der Waals surface area contributed by atoms with Crippen LogP contribution in [0.25, 0.3) is 0 Å². The first kappa shape index (κ1) is 14.6. The fraction of sp³-hybridized carbons (Fsp3) is 0.625. The molecule has 2 fully saturated rings. The molecule has 1 spiro atoms. The van der Waals surface area contributed by atoms with E-state index in [1.807, 2.05) is 4.90 Å². The van der Waals surface area contributed by atoms with Gasteiger partial charge in [0, 0.05) is 17.8 Å². The Hall–Kier alpha value is -1.36. The SMILES string of the molecule is Cc1ccsc1CN1CCC(=O)NC2(CCCCC2)C1=O. The van der Waals surface area contributed by atoms with Crippen LogP contribution in [0, 0.1) is 6.92 Å². The third-order valence-corrected chi connectivity index (χ3v) is 5.70. The summed E-state index contributed by atoms with van der Waals surface area (Å²) in [6, 6.07) is 2.09. The van der Waals surface area contributed by atoms with Crippen molar-refractivity contribution in [2.24, 2.45) is 0 Å². The second-order valence-electron chi connectivity index (χ2n) is 6.19. The molecule has 1 N–H and O–H groups in total. The Bertz CT molecular complexity index is 546. The number of amides is 2. The zero-order valence-corrected chi connectivity index (χ0v) is 13.3. The van der Waals surface area contributed by atoms with Gasteiger partial charge in [0.05, 0.1) is 6.54 Å². The van der Waals surface area contributed by atoms with E-state index in [1.54, 1.807) is 11.3 Å². The largest absolute Gasteiger partial charge is 0.342 e. The first-order valence-corrected chi connectivity index (χ1v) is 8.62. The van der Waals surface area contributed by atoms with E-state index in [2.05, 4.69) is 23.7 Å². The molecule has 0 radical (unpaired) electrons. The number of rotatable bonds is 2. The van der Waals surface area contributed by atoms with Gasteiger partial charge in [-0.2, -0.15) is 0 Å². The first-order chi connectivity index (χ1) is 10.1. The topological polar surface area (TPSA) is 49.4 Å². The van der Waals surface area contributed by atoms with Crippen molar-refractivity contribution in [3.63, 3.8) is 0 Å². The van der Waals surface area contributed by atoms with Crippen LogP contribution in [-0.4, -0.2) is 28.8 Å². The lowest BCUT2D eigenvalue weighted by Gasteiger charge is -2.38. The van der Waals surface area contributed by atoms with E-state index in [9.17, 15) is 9.59 Å². The number of hydrogen-bond acceptors (Lipinski definition) is 3.